The SMILES string of the molecule is CC[C@H]1COCC(Br)c2nc(C(=O)CCc3ccc(F)cc3)c(OS(=O)(=O)c3ccccc3)c(=O)n21.CC[C@H]1COC[C@@H](NC)c2nc(C(=O)CCc3ccc(F)cc3)c(O)c(=O)n21. The maximum absolute atomic E-state index is 13.7. The molecule has 0 saturated heterocycles. The molecule has 0 aliphatic carbocycles. The Bertz CT molecular complexity index is 2680. The van der Waals surface area contributed by atoms with E-state index in [9.17, 15) is 41.5 Å². The lowest BCUT2D eigenvalue weighted by Crippen LogP contribution is -2.34. The Morgan fingerprint density at radius 1 is 0.766 bits per heavy atom. The number of nitrogens with one attached hydrogen (secondary N) is 1. The highest BCUT2D eigenvalue weighted by Gasteiger charge is 2.34. The fraction of sp³-hybridized carbons (Fsp3) is 0.378. The number of halogens is 3. The molecule has 0 amide bonds. The van der Waals surface area contributed by atoms with Crippen molar-refractivity contribution in [2.24, 2.45) is 0 Å². The number of benzene rings is 3. The van der Waals surface area contributed by atoms with E-state index in [4.69, 9.17) is 13.7 Å². The molecule has 64 heavy (non-hydrogen) atoms. The van der Waals surface area contributed by atoms with Crippen molar-refractivity contribution in [1.29, 1.82) is 0 Å². The number of alkyl halides is 1. The van der Waals surface area contributed by atoms with Gasteiger partial charge in [-0.25, -0.2) is 18.7 Å². The molecule has 19 heteroatoms. The quantitative estimate of drug-likeness (QED) is 0.0693. The van der Waals surface area contributed by atoms with E-state index in [1.807, 2.05) is 13.8 Å². The second kappa shape index (κ2) is 21.5. The minimum absolute atomic E-state index is 0.0486. The zero-order chi connectivity index (χ0) is 46.1. The smallest absolute Gasteiger partial charge is 0.339 e. The first-order chi connectivity index (χ1) is 30.7. The molecule has 3 aromatic carbocycles. The molecule has 15 nitrogen and oxygen atoms in total. The third-order valence-corrected chi connectivity index (χ3v) is 12.8. The molecule has 4 atom stereocenters. The van der Waals surface area contributed by atoms with Crippen LogP contribution < -0.4 is 20.6 Å². The van der Waals surface area contributed by atoms with Gasteiger partial charge in [0.15, 0.2) is 23.0 Å². The van der Waals surface area contributed by atoms with Crippen LogP contribution in [0.2, 0.25) is 0 Å². The van der Waals surface area contributed by atoms with Crippen LogP contribution in [0.4, 0.5) is 8.78 Å². The van der Waals surface area contributed by atoms with Gasteiger partial charge in [-0.15, -0.1) is 0 Å². The molecule has 7 rings (SSSR count). The number of rotatable bonds is 14. The molecular formula is C45H48BrF2N5O10S. The fourth-order valence-corrected chi connectivity index (χ4v) is 8.71. The highest BCUT2D eigenvalue weighted by atomic mass is 79.9. The van der Waals surface area contributed by atoms with Crippen LogP contribution in [-0.2, 0) is 32.4 Å². The van der Waals surface area contributed by atoms with Crippen LogP contribution in [0.1, 0.15) is 106 Å². The number of hydrogen-bond acceptors (Lipinski definition) is 13. The number of ketones is 2. The minimum atomic E-state index is -4.43. The maximum Gasteiger partial charge on any atom is 0.339 e. The topological polar surface area (TPSA) is 198 Å². The lowest BCUT2D eigenvalue weighted by molar-refractivity contribution is 0.0966. The Balaban J connectivity index is 0.000000219. The summed E-state index contributed by atoms with van der Waals surface area (Å²) >= 11 is 3.46. The van der Waals surface area contributed by atoms with Crippen LogP contribution in [0.5, 0.6) is 11.5 Å². The van der Waals surface area contributed by atoms with E-state index in [1.165, 1.54) is 57.7 Å². The van der Waals surface area contributed by atoms with E-state index in [1.54, 1.807) is 37.4 Å². The summed E-state index contributed by atoms with van der Waals surface area (Å²) in [6, 6.07) is 17.8. The van der Waals surface area contributed by atoms with Crippen LogP contribution >= 0.6 is 15.9 Å². The molecule has 4 heterocycles. The van der Waals surface area contributed by atoms with Crippen molar-refractivity contribution in [3.05, 3.63) is 145 Å². The van der Waals surface area contributed by atoms with E-state index in [2.05, 4.69) is 31.2 Å². The second-order valence-corrected chi connectivity index (χ2v) is 17.8. The Morgan fingerprint density at radius 3 is 1.80 bits per heavy atom. The van der Waals surface area contributed by atoms with Gasteiger partial charge in [0.05, 0.1) is 49.4 Å². The van der Waals surface area contributed by atoms with Gasteiger partial charge in [-0.1, -0.05) is 72.2 Å². The first-order valence-corrected chi connectivity index (χ1v) is 23.0. The highest BCUT2D eigenvalue weighted by molar-refractivity contribution is 9.09. The third kappa shape index (κ3) is 11.1. The van der Waals surface area contributed by atoms with Crippen molar-refractivity contribution < 1.29 is 45.6 Å². The fourth-order valence-electron chi connectivity index (χ4n) is 7.25. The predicted octanol–water partition coefficient (Wildman–Crippen LogP) is 6.53. The maximum atomic E-state index is 13.7. The normalized spacial score (nSPS) is 18.3. The van der Waals surface area contributed by atoms with Crippen molar-refractivity contribution >= 4 is 37.6 Å². The number of aryl methyl sites for hydroxylation is 2. The predicted molar refractivity (Wildman–Crippen MR) is 235 cm³/mol. The monoisotopic (exact) mass is 967 g/mol. The standard InChI is InChI=1S/C25H24BrFN2O6S.C20H24FN3O4/c1-2-18-14-34-15-20(26)24-28-22(21(30)13-10-16-8-11-17(27)12-9-16)23(25(31)29(18)24)35-36(32,33)19-6-4-3-5-7-19;1-3-14-10-28-11-15(22-2)19-23-17(18(26)20(27)24(14)19)16(25)9-6-12-4-7-13(21)8-5-12/h3-9,11-12,18,20H,2,10,13-15H2,1H3;4-5,7-8,14-15,22,26H,3,6,9-11H2,1-2H3/t18-,20?;14-,15+/m00/s1. The molecule has 2 aliphatic heterocycles. The largest absolute Gasteiger partial charge is 0.501 e. The molecule has 0 spiro atoms. The van der Waals surface area contributed by atoms with Gasteiger partial charge in [0, 0.05) is 12.8 Å². The number of aromatic hydroxyl groups is 1. The highest BCUT2D eigenvalue weighted by Crippen LogP contribution is 2.31. The van der Waals surface area contributed by atoms with Crippen LogP contribution in [0.15, 0.2) is 93.3 Å². The molecule has 0 radical (unpaired) electrons. The van der Waals surface area contributed by atoms with Gasteiger partial charge in [-0.3, -0.25) is 28.3 Å². The van der Waals surface area contributed by atoms with Crippen molar-refractivity contribution in [3.63, 3.8) is 0 Å². The van der Waals surface area contributed by atoms with Gasteiger partial charge in [0.25, 0.3) is 11.1 Å². The molecular weight excluding hydrogens is 920 g/mol. The lowest BCUT2D eigenvalue weighted by atomic mass is 10.1. The average molecular weight is 969 g/mol. The Kier molecular flexibility index (Phi) is 16.1. The van der Waals surface area contributed by atoms with E-state index >= 15 is 0 Å². The van der Waals surface area contributed by atoms with E-state index in [-0.39, 0.29) is 72.5 Å². The second-order valence-electron chi connectivity index (χ2n) is 15.1. The molecule has 2 aliphatic rings. The summed E-state index contributed by atoms with van der Waals surface area (Å²) in [6.45, 7) is 4.86. The van der Waals surface area contributed by atoms with Crippen LogP contribution in [0.25, 0.3) is 0 Å². The zero-order valence-electron chi connectivity index (χ0n) is 35.3. The summed E-state index contributed by atoms with van der Waals surface area (Å²) in [7, 11) is -2.71. The van der Waals surface area contributed by atoms with E-state index < -0.39 is 61.0 Å². The number of ether oxygens (including phenoxy) is 2. The van der Waals surface area contributed by atoms with Gasteiger partial charge in [0.1, 0.15) is 28.2 Å². The number of likely N-dealkylation sites (N-methyl/N-ethyl adjacent to an activating group) is 1. The summed E-state index contributed by atoms with van der Waals surface area (Å²) in [5, 5.41) is 13.4. The van der Waals surface area contributed by atoms with Crippen molar-refractivity contribution in [2.45, 2.75) is 80.2 Å². The first kappa shape index (κ1) is 48.0. The van der Waals surface area contributed by atoms with Gasteiger partial charge in [0.2, 0.25) is 11.5 Å². The molecule has 1 unspecified atom stereocenters. The Morgan fingerprint density at radius 2 is 1.27 bits per heavy atom. The molecule has 0 fully saturated rings. The number of carbonyl (C=O) groups excluding carboxylic acids is 2. The summed E-state index contributed by atoms with van der Waals surface area (Å²) < 4.78 is 71.7. The van der Waals surface area contributed by atoms with Gasteiger partial charge in [-0.2, -0.15) is 8.42 Å². The van der Waals surface area contributed by atoms with E-state index in [0.29, 0.717) is 43.9 Å². The zero-order valence-corrected chi connectivity index (χ0v) is 37.7. The van der Waals surface area contributed by atoms with Crippen LogP contribution in [-0.4, -0.2) is 77.7 Å². The van der Waals surface area contributed by atoms with Crippen LogP contribution in [0.3, 0.4) is 0 Å². The molecule has 2 aromatic heterocycles. The van der Waals surface area contributed by atoms with Crippen molar-refractivity contribution in [2.75, 3.05) is 33.5 Å². The first-order valence-electron chi connectivity index (χ1n) is 20.7. The molecule has 5 aromatic rings. The Hall–Kier alpha value is -5.47. The summed E-state index contributed by atoms with van der Waals surface area (Å²) in [5.41, 5.74) is -0.509. The lowest BCUT2D eigenvalue weighted by Gasteiger charge is -2.21. The minimum Gasteiger partial charge on any atom is -0.501 e. The van der Waals surface area contributed by atoms with E-state index in [0.717, 1.165) is 5.56 Å². The third-order valence-electron chi connectivity index (χ3n) is 10.9. The molecule has 340 valence electrons. The molecule has 0 bridgehead atoms. The summed E-state index contributed by atoms with van der Waals surface area (Å²) in [4.78, 5) is 60.7. The van der Waals surface area contributed by atoms with Gasteiger partial charge in [-0.05, 0) is 80.3 Å². The molecule has 2 N–H and O–H groups in total. The molecule has 0 saturated carbocycles. The number of nitrogens with zero attached hydrogens (tertiary/aromatic N) is 4. The number of Topliss-reactive ketones (excluding diaryl/α,β-unsaturated/α-hetero) is 2. The van der Waals surface area contributed by atoms with Crippen molar-refractivity contribution in [1.82, 2.24) is 24.4 Å². The summed E-state index contributed by atoms with van der Waals surface area (Å²) in [5.74, 6) is -2.39. The van der Waals surface area contributed by atoms with Crippen molar-refractivity contribution in [3.8, 4) is 11.5 Å². The summed E-state index contributed by atoms with van der Waals surface area (Å²) in [6.07, 6.45) is 1.69. The average Bonchev–Trinajstić information content (AvgIpc) is 3.58. The van der Waals surface area contributed by atoms with Crippen LogP contribution in [0, 0.1) is 11.6 Å². The number of aromatic nitrogens is 4. The number of fused-ring (bicyclic) bond motifs is 2. The Labute approximate surface area is 376 Å². The van der Waals surface area contributed by atoms with Gasteiger partial charge < -0.3 is 24.1 Å². The van der Waals surface area contributed by atoms with Gasteiger partial charge >= 0.3 is 10.1 Å². The number of hydrogen-bond donors (Lipinski definition) is 2. The number of carbonyl (C=O) groups is 2.